The number of halogens is 1. The van der Waals surface area contributed by atoms with Crippen LogP contribution in [0, 0.1) is 3.57 Å². The topological polar surface area (TPSA) is 21.3 Å². The molecule has 0 radical (unpaired) electrons. The molecule has 0 saturated carbocycles. The Morgan fingerprint density at radius 2 is 2.00 bits per heavy atom. The van der Waals surface area contributed by atoms with Crippen LogP contribution < -0.4 is 5.32 Å². The molecule has 0 heterocycles. The molecule has 0 saturated heterocycles. The van der Waals surface area contributed by atoms with Gasteiger partial charge in [-0.2, -0.15) is 0 Å². The molecule has 2 nitrogen and oxygen atoms in total. The maximum atomic E-state index is 4.98. The van der Waals surface area contributed by atoms with Crippen molar-refractivity contribution in [3.63, 3.8) is 0 Å². The fraction of sp³-hybridized carbons (Fsp3) is 0.455. The van der Waals surface area contributed by atoms with Crippen LogP contribution in [0.5, 0.6) is 0 Å². The van der Waals surface area contributed by atoms with E-state index in [4.69, 9.17) is 4.74 Å². The summed E-state index contributed by atoms with van der Waals surface area (Å²) < 4.78 is 6.26. The van der Waals surface area contributed by atoms with E-state index >= 15 is 0 Å². The fourth-order valence-corrected chi connectivity index (χ4v) is 1.61. The number of nitrogens with one attached hydrogen (secondary N) is 1. The van der Waals surface area contributed by atoms with Crippen molar-refractivity contribution in [1.82, 2.24) is 5.32 Å². The number of hydrogen-bond acceptors (Lipinski definition) is 2. The Balaban J connectivity index is 2.43. The third-order valence-electron chi connectivity index (χ3n) is 2.13. The van der Waals surface area contributed by atoms with Gasteiger partial charge in [-0.05, 0) is 47.2 Å². The van der Waals surface area contributed by atoms with E-state index in [1.807, 2.05) is 0 Å². The van der Waals surface area contributed by atoms with Gasteiger partial charge in [0.1, 0.15) is 0 Å². The molecule has 0 aromatic heterocycles. The molecule has 1 N–H and O–H groups in total. The molecule has 0 bridgehead atoms. The Bertz CT molecular complexity index is 260. The third-order valence-corrected chi connectivity index (χ3v) is 2.85. The smallest absolute Gasteiger partial charge is 0.0587 e. The highest BCUT2D eigenvalue weighted by Gasteiger charge is 2.02. The Morgan fingerprint density at radius 1 is 1.36 bits per heavy atom. The minimum absolute atomic E-state index is 0.391. The first kappa shape index (κ1) is 11.9. The summed E-state index contributed by atoms with van der Waals surface area (Å²) in [6, 6.07) is 8.97. The van der Waals surface area contributed by atoms with Gasteiger partial charge in [-0.15, -0.1) is 0 Å². The van der Waals surface area contributed by atoms with Crippen LogP contribution in [0.3, 0.4) is 0 Å². The van der Waals surface area contributed by atoms with E-state index in [0.29, 0.717) is 6.04 Å². The van der Waals surface area contributed by atoms with Crippen molar-refractivity contribution in [3.05, 3.63) is 33.4 Å². The average molecular weight is 305 g/mol. The Kier molecular flexibility index (Phi) is 5.44. The van der Waals surface area contributed by atoms with Gasteiger partial charge in [0.2, 0.25) is 0 Å². The second kappa shape index (κ2) is 6.37. The summed E-state index contributed by atoms with van der Waals surface area (Å²) in [6.45, 7) is 3.82. The van der Waals surface area contributed by atoms with Crippen molar-refractivity contribution < 1.29 is 4.74 Å². The van der Waals surface area contributed by atoms with Gasteiger partial charge < -0.3 is 10.1 Å². The SMILES string of the molecule is COCCNC(C)c1ccc(I)cc1. The highest BCUT2D eigenvalue weighted by atomic mass is 127. The molecule has 0 aliphatic rings. The van der Waals surface area contributed by atoms with Gasteiger partial charge in [0.25, 0.3) is 0 Å². The lowest BCUT2D eigenvalue weighted by Crippen LogP contribution is -2.22. The van der Waals surface area contributed by atoms with Crippen molar-refractivity contribution in [2.75, 3.05) is 20.3 Å². The summed E-state index contributed by atoms with van der Waals surface area (Å²) in [4.78, 5) is 0. The minimum Gasteiger partial charge on any atom is -0.383 e. The summed E-state index contributed by atoms with van der Waals surface area (Å²) in [5.41, 5.74) is 1.32. The largest absolute Gasteiger partial charge is 0.383 e. The molecule has 0 fully saturated rings. The van der Waals surface area contributed by atoms with Crippen molar-refractivity contribution in [2.45, 2.75) is 13.0 Å². The second-order valence-corrected chi connectivity index (χ2v) is 4.47. The van der Waals surface area contributed by atoms with Crippen LogP contribution in [0.2, 0.25) is 0 Å². The highest BCUT2D eigenvalue weighted by molar-refractivity contribution is 14.1. The van der Waals surface area contributed by atoms with Gasteiger partial charge in [-0.3, -0.25) is 0 Å². The molecular formula is C11H16INO. The van der Waals surface area contributed by atoms with E-state index < -0.39 is 0 Å². The standard InChI is InChI=1S/C11H16INO/c1-9(13-7-8-14-2)10-3-5-11(12)6-4-10/h3-6,9,13H,7-8H2,1-2H3. The van der Waals surface area contributed by atoms with E-state index in [9.17, 15) is 0 Å². The first-order valence-electron chi connectivity index (χ1n) is 4.72. The zero-order valence-corrected chi connectivity index (χ0v) is 10.7. The summed E-state index contributed by atoms with van der Waals surface area (Å²) >= 11 is 2.31. The molecular weight excluding hydrogens is 289 g/mol. The summed E-state index contributed by atoms with van der Waals surface area (Å²) in [6.07, 6.45) is 0. The number of hydrogen-bond donors (Lipinski definition) is 1. The number of benzene rings is 1. The number of ether oxygens (including phenoxy) is 1. The molecule has 1 aromatic carbocycles. The van der Waals surface area contributed by atoms with Gasteiger partial charge in [-0.25, -0.2) is 0 Å². The van der Waals surface area contributed by atoms with Crippen LogP contribution in [0.1, 0.15) is 18.5 Å². The summed E-state index contributed by atoms with van der Waals surface area (Å²) in [7, 11) is 1.72. The Morgan fingerprint density at radius 3 is 2.57 bits per heavy atom. The first-order valence-corrected chi connectivity index (χ1v) is 5.79. The zero-order valence-electron chi connectivity index (χ0n) is 8.59. The molecule has 1 atom stereocenters. The monoisotopic (exact) mass is 305 g/mol. The lowest BCUT2D eigenvalue weighted by atomic mass is 10.1. The van der Waals surface area contributed by atoms with Crippen molar-refractivity contribution in [3.8, 4) is 0 Å². The van der Waals surface area contributed by atoms with Crippen molar-refractivity contribution in [2.24, 2.45) is 0 Å². The molecule has 1 rings (SSSR count). The van der Waals surface area contributed by atoms with E-state index in [2.05, 4.69) is 59.1 Å². The predicted molar refractivity (Wildman–Crippen MR) is 67.5 cm³/mol. The van der Waals surface area contributed by atoms with Crippen LogP contribution in [-0.4, -0.2) is 20.3 Å². The quantitative estimate of drug-likeness (QED) is 0.667. The fourth-order valence-electron chi connectivity index (χ4n) is 1.25. The minimum atomic E-state index is 0.391. The van der Waals surface area contributed by atoms with E-state index in [1.54, 1.807) is 7.11 Å². The molecule has 0 aliphatic carbocycles. The first-order chi connectivity index (χ1) is 6.74. The zero-order chi connectivity index (χ0) is 10.4. The van der Waals surface area contributed by atoms with Gasteiger partial charge in [-0.1, -0.05) is 12.1 Å². The van der Waals surface area contributed by atoms with Crippen molar-refractivity contribution in [1.29, 1.82) is 0 Å². The van der Waals surface area contributed by atoms with Gasteiger partial charge in [0.05, 0.1) is 6.61 Å². The van der Waals surface area contributed by atoms with Crippen LogP contribution in [0.4, 0.5) is 0 Å². The highest BCUT2D eigenvalue weighted by Crippen LogP contribution is 2.13. The molecule has 1 aromatic rings. The molecule has 0 amide bonds. The third kappa shape index (κ3) is 3.94. The molecule has 0 spiro atoms. The lowest BCUT2D eigenvalue weighted by Gasteiger charge is -2.13. The van der Waals surface area contributed by atoms with Crippen LogP contribution >= 0.6 is 22.6 Å². The van der Waals surface area contributed by atoms with Crippen molar-refractivity contribution >= 4 is 22.6 Å². The maximum absolute atomic E-state index is 4.98. The molecule has 1 unspecified atom stereocenters. The summed E-state index contributed by atoms with van der Waals surface area (Å²) in [5.74, 6) is 0. The van der Waals surface area contributed by atoms with E-state index in [1.165, 1.54) is 9.13 Å². The normalized spacial score (nSPS) is 12.8. The molecule has 78 valence electrons. The summed E-state index contributed by atoms with van der Waals surface area (Å²) in [5, 5.41) is 3.39. The maximum Gasteiger partial charge on any atom is 0.0587 e. The molecule has 14 heavy (non-hydrogen) atoms. The van der Waals surface area contributed by atoms with E-state index in [0.717, 1.165) is 13.2 Å². The van der Waals surface area contributed by atoms with Crippen LogP contribution in [-0.2, 0) is 4.74 Å². The Hall–Kier alpha value is -0.130. The van der Waals surface area contributed by atoms with Gasteiger partial charge >= 0.3 is 0 Å². The predicted octanol–water partition coefficient (Wildman–Crippen LogP) is 2.59. The molecule has 0 aliphatic heterocycles. The number of methoxy groups -OCH3 is 1. The van der Waals surface area contributed by atoms with Crippen LogP contribution in [0.15, 0.2) is 24.3 Å². The molecule has 3 heteroatoms. The second-order valence-electron chi connectivity index (χ2n) is 3.22. The van der Waals surface area contributed by atoms with Crippen LogP contribution in [0.25, 0.3) is 0 Å². The number of rotatable bonds is 5. The Labute approximate surface area is 99.2 Å². The van der Waals surface area contributed by atoms with Gasteiger partial charge in [0, 0.05) is 23.3 Å². The van der Waals surface area contributed by atoms with E-state index in [-0.39, 0.29) is 0 Å². The van der Waals surface area contributed by atoms with Gasteiger partial charge in [0.15, 0.2) is 0 Å². The lowest BCUT2D eigenvalue weighted by molar-refractivity contribution is 0.196. The average Bonchev–Trinajstić information content (AvgIpc) is 2.19.